The number of nitrogens with one attached hydrogen (secondary N) is 4. The lowest BCUT2D eigenvalue weighted by molar-refractivity contribution is -0.143. The molecule has 3 amide bonds. The molecule has 0 saturated carbocycles. The number of carboxylic acid groups (broad SMARTS) is 1. The highest BCUT2D eigenvalue weighted by Crippen LogP contribution is 2.18. The van der Waals surface area contributed by atoms with Crippen LogP contribution < -0.4 is 21.7 Å². The van der Waals surface area contributed by atoms with Crippen molar-refractivity contribution in [2.75, 3.05) is 12.3 Å². The number of thiol groups is 1. The number of fused-ring (bicyclic) bond motifs is 1. The van der Waals surface area contributed by atoms with Gasteiger partial charge in [0.1, 0.15) is 12.1 Å². The van der Waals surface area contributed by atoms with Crippen molar-refractivity contribution in [3.05, 3.63) is 36.0 Å². The number of benzene rings is 1. The van der Waals surface area contributed by atoms with Gasteiger partial charge in [0.05, 0.1) is 12.6 Å². The summed E-state index contributed by atoms with van der Waals surface area (Å²) in [5.41, 5.74) is 7.85. The highest BCUT2D eigenvalue weighted by atomic mass is 32.1. The Morgan fingerprint density at radius 2 is 1.81 bits per heavy atom. The summed E-state index contributed by atoms with van der Waals surface area (Å²) < 4.78 is 0. The van der Waals surface area contributed by atoms with Crippen LogP contribution in [0.3, 0.4) is 0 Å². The van der Waals surface area contributed by atoms with Gasteiger partial charge in [0.15, 0.2) is 0 Å². The first kappa shape index (κ1) is 25.2. The molecule has 0 spiro atoms. The largest absolute Gasteiger partial charge is 0.480 e. The quantitative estimate of drug-likeness (QED) is 0.228. The monoisotopic (exact) mass is 463 g/mol. The Bertz CT molecular complexity index is 976. The van der Waals surface area contributed by atoms with Crippen LogP contribution in [-0.2, 0) is 25.6 Å². The molecular weight excluding hydrogens is 434 g/mol. The fraction of sp³-hybridized carbons (Fsp3) is 0.429. The fourth-order valence-electron chi connectivity index (χ4n) is 3.13. The topological polar surface area (TPSA) is 166 Å². The number of amides is 3. The van der Waals surface area contributed by atoms with Crippen LogP contribution in [0, 0.1) is 5.92 Å². The van der Waals surface area contributed by atoms with Gasteiger partial charge < -0.3 is 31.8 Å². The van der Waals surface area contributed by atoms with E-state index >= 15 is 0 Å². The minimum absolute atomic E-state index is 0.0112. The smallest absolute Gasteiger partial charge is 0.326 e. The van der Waals surface area contributed by atoms with Crippen LogP contribution in [0.15, 0.2) is 30.5 Å². The summed E-state index contributed by atoms with van der Waals surface area (Å²) in [6, 6.07) is 4.67. The lowest BCUT2D eigenvalue weighted by Gasteiger charge is -2.20. The standard InChI is InChI=1S/C21H29N5O5S/c1-11(2)18(21(30)31)26-17(27)9-24-20(29)16(10-32)25-19(28)14(22)7-12-8-23-15-6-4-3-5-13(12)15/h3-6,8,11,14,16,18,23,32H,7,9-10,22H2,1-2H3,(H,24,29)(H,25,28)(H,26,27)(H,30,31). The third-order valence-corrected chi connectivity index (χ3v) is 5.30. The van der Waals surface area contributed by atoms with Gasteiger partial charge in [-0.2, -0.15) is 12.6 Å². The summed E-state index contributed by atoms with van der Waals surface area (Å²) in [6.45, 7) is 2.88. The molecule has 32 heavy (non-hydrogen) atoms. The Hall–Kier alpha value is -3.05. The summed E-state index contributed by atoms with van der Waals surface area (Å²) in [6.07, 6.45) is 2.06. The van der Waals surface area contributed by atoms with Crippen molar-refractivity contribution in [1.29, 1.82) is 0 Å². The molecule has 1 heterocycles. The zero-order valence-corrected chi connectivity index (χ0v) is 18.8. The lowest BCUT2D eigenvalue weighted by Crippen LogP contribution is -2.54. The maximum absolute atomic E-state index is 12.5. The van der Waals surface area contributed by atoms with Crippen molar-refractivity contribution in [2.24, 2.45) is 11.7 Å². The number of hydrogen-bond acceptors (Lipinski definition) is 6. The number of H-pyrrole nitrogens is 1. The average molecular weight is 464 g/mol. The van der Waals surface area contributed by atoms with Gasteiger partial charge in [0.2, 0.25) is 17.7 Å². The first-order valence-corrected chi connectivity index (χ1v) is 10.8. The molecule has 2 rings (SSSR count). The van der Waals surface area contributed by atoms with E-state index in [9.17, 15) is 19.2 Å². The Kier molecular flexibility index (Phi) is 9.09. The molecule has 174 valence electrons. The first-order chi connectivity index (χ1) is 15.1. The predicted octanol–water partition coefficient (Wildman–Crippen LogP) is -0.206. The maximum Gasteiger partial charge on any atom is 0.326 e. The highest BCUT2D eigenvalue weighted by molar-refractivity contribution is 7.80. The lowest BCUT2D eigenvalue weighted by atomic mass is 10.0. The SMILES string of the molecule is CC(C)C(NC(=O)CNC(=O)C(CS)NC(=O)C(N)Cc1c[nH]c2ccccc12)C(=O)O. The van der Waals surface area contributed by atoms with E-state index in [-0.39, 0.29) is 18.1 Å². The minimum Gasteiger partial charge on any atom is -0.480 e. The molecule has 0 saturated heterocycles. The number of carbonyl (C=O) groups is 4. The number of carboxylic acids is 1. The van der Waals surface area contributed by atoms with Crippen LogP contribution in [0.4, 0.5) is 0 Å². The van der Waals surface area contributed by atoms with Gasteiger partial charge in [-0.15, -0.1) is 0 Å². The van der Waals surface area contributed by atoms with Crippen LogP contribution in [0.25, 0.3) is 10.9 Å². The van der Waals surface area contributed by atoms with Gasteiger partial charge >= 0.3 is 5.97 Å². The van der Waals surface area contributed by atoms with Crippen LogP contribution in [-0.4, -0.2) is 64.2 Å². The van der Waals surface area contributed by atoms with E-state index in [0.29, 0.717) is 0 Å². The number of aromatic nitrogens is 1. The van der Waals surface area contributed by atoms with Crippen molar-refractivity contribution < 1.29 is 24.3 Å². The molecule has 0 fully saturated rings. The van der Waals surface area contributed by atoms with Gasteiger partial charge in [-0.1, -0.05) is 32.0 Å². The number of hydrogen-bond donors (Lipinski definition) is 7. The number of rotatable bonds is 11. The minimum atomic E-state index is -1.16. The van der Waals surface area contributed by atoms with Crippen molar-refractivity contribution in [1.82, 2.24) is 20.9 Å². The van der Waals surface area contributed by atoms with Crippen LogP contribution >= 0.6 is 12.6 Å². The molecule has 0 aliphatic heterocycles. The predicted molar refractivity (Wildman–Crippen MR) is 123 cm³/mol. The molecule has 0 bridgehead atoms. The fourth-order valence-corrected chi connectivity index (χ4v) is 3.39. The summed E-state index contributed by atoms with van der Waals surface area (Å²) in [4.78, 5) is 51.1. The molecule has 1 aromatic heterocycles. The Morgan fingerprint density at radius 3 is 2.44 bits per heavy atom. The molecule has 11 heteroatoms. The molecular formula is C21H29N5O5S. The zero-order chi connectivity index (χ0) is 23.8. The van der Waals surface area contributed by atoms with E-state index in [2.05, 4.69) is 33.6 Å². The van der Waals surface area contributed by atoms with E-state index < -0.39 is 48.4 Å². The van der Waals surface area contributed by atoms with Crippen LogP contribution in [0.1, 0.15) is 19.4 Å². The molecule has 1 aromatic carbocycles. The first-order valence-electron chi connectivity index (χ1n) is 10.2. The zero-order valence-electron chi connectivity index (χ0n) is 17.9. The Morgan fingerprint density at radius 1 is 1.12 bits per heavy atom. The molecule has 0 aliphatic carbocycles. The number of aliphatic carboxylic acids is 1. The van der Waals surface area contributed by atoms with Gasteiger partial charge in [0.25, 0.3) is 0 Å². The second-order valence-corrected chi connectivity index (χ2v) is 8.12. The van der Waals surface area contributed by atoms with E-state index in [4.69, 9.17) is 10.8 Å². The van der Waals surface area contributed by atoms with Gasteiger partial charge in [-0.3, -0.25) is 14.4 Å². The van der Waals surface area contributed by atoms with Crippen molar-refractivity contribution in [3.8, 4) is 0 Å². The van der Waals surface area contributed by atoms with E-state index in [1.807, 2.05) is 24.3 Å². The van der Waals surface area contributed by atoms with Crippen molar-refractivity contribution in [2.45, 2.75) is 38.4 Å². The summed E-state index contributed by atoms with van der Waals surface area (Å²) >= 11 is 4.09. The second-order valence-electron chi connectivity index (χ2n) is 7.76. The molecule has 10 nitrogen and oxygen atoms in total. The van der Waals surface area contributed by atoms with Crippen LogP contribution in [0.2, 0.25) is 0 Å². The van der Waals surface area contributed by atoms with E-state index in [0.717, 1.165) is 16.5 Å². The Balaban J connectivity index is 1.88. The number of carbonyl (C=O) groups excluding carboxylic acids is 3. The molecule has 2 aromatic rings. The molecule has 0 radical (unpaired) electrons. The number of aromatic amines is 1. The second kappa shape index (κ2) is 11.5. The normalized spacial score (nSPS) is 13.9. The number of para-hydroxylation sites is 1. The summed E-state index contributed by atoms with van der Waals surface area (Å²) in [7, 11) is 0. The molecule has 0 aliphatic rings. The summed E-state index contributed by atoms with van der Waals surface area (Å²) in [5.74, 6) is -3.30. The maximum atomic E-state index is 12.5. The van der Waals surface area contributed by atoms with Crippen molar-refractivity contribution in [3.63, 3.8) is 0 Å². The number of nitrogens with two attached hydrogens (primary N) is 1. The molecule has 7 N–H and O–H groups in total. The highest BCUT2D eigenvalue weighted by Gasteiger charge is 2.26. The van der Waals surface area contributed by atoms with E-state index in [1.54, 1.807) is 20.0 Å². The van der Waals surface area contributed by atoms with Gasteiger partial charge in [-0.25, -0.2) is 4.79 Å². The Labute approximate surface area is 191 Å². The average Bonchev–Trinajstić information content (AvgIpc) is 3.16. The third kappa shape index (κ3) is 6.72. The van der Waals surface area contributed by atoms with Gasteiger partial charge in [-0.05, 0) is 24.0 Å². The molecule has 3 atom stereocenters. The molecule has 3 unspecified atom stereocenters. The third-order valence-electron chi connectivity index (χ3n) is 4.94. The summed E-state index contributed by atoms with van der Waals surface area (Å²) in [5, 5.41) is 17.3. The van der Waals surface area contributed by atoms with Gasteiger partial charge in [0, 0.05) is 22.9 Å². The van der Waals surface area contributed by atoms with E-state index in [1.165, 1.54) is 0 Å². The van der Waals surface area contributed by atoms with Crippen LogP contribution in [0.5, 0.6) is 0 Å². The van der Waals surface area contributed by atoms with Crippen molar-refractivity contribution >= 4 is 47.2 Å².